The van der Waals surface area contributed by atoms with E-state index in [-0.39, 0.29) is 36.3 Å². The first-order chi connectivity index (χ1) is 16.3. The average Bonchev–Trinajstić information content (AvgIpc) is 2.80. The molecule has 1 atom stereocenters. The van der Waals surface area contributed by atoms with Crippen molar-refractivity contribution in [3.05, 3.63) is 95.8 Å². The van der Waals surface area contributed by atoms with E-state index in [4.69, 9.17) is 0 Å². The molecule has 3 amide bonds. The highest BCUT2D eigenvalue weighted by Gasteiger charge is 2.24. The number of hydrogen-bond acceptors (Lipinski definition) is 3. The number of rotatable bonds is 9. The van der Waals surface area contributed by atoms with Gasteiger partial charge in [0.2, 0.25) is 17.7 Å². The van der Waals surface area contributed by atoms with Crippen LogP contribution in [-0.4, -0.2) is 23.8 Å². The van der Waals surface area contributed by atoms with E-state index in [0.29, 0.717) is 5.69 Å². The number of hydrogen-bond donors (Lipinski definition) is 3. The third kappa shape index (κ3) is 7.27. The maximum atomic E-state index is 14.3. The predicted octanol–water partition coefficient (Wildman–Crippen LogP) is 4.33. The number of amides is 3. The van der Waals surface area contributed by atoms with Crippen LogP contribution in [0.15, 0.2) is 78.9 Å². The highest BCUT2D eigenvalue weighted by molar-refractivity contribution is 5.99. The molecule has 0 aliphatic heterocycles. The normalized spacial score (nSPS) is 11.5. The first-order valence-electron chi connectivity index (χ1n) is 11.1. The summed E-state index contributed by atoms with van der Waals surface area (Å²) in [6, 6.07) is 21.5. The van der Waals surface area contributed by atoms with Crippen LogP contribution in [0.3, 0.4) is 0 Å². The third-order valence-corrected chi connectivity index (χ3v) is 5.19. The van der Waals surface area contributed by atoms with E-state index >= 15 is 0 Å². The number of halogens is 1. The minimum Gasteiger partial charge on any atom is -0.344 e. The summed E-state index contributed by atoms with van der Waals surface area (Å²) in [4.78, 5) is 37.7. The lowest BCUT2D eigenvalue weighted by atomic mass is 10.0. The standard InChI is InChI=1S/C27H28FN3O3/c1-18(2)26(31-25(33)16-20-11-7-4-8-12-20)27(34)29-21-13-14-22(28)23(17-21)30-24(32)15-19-9-5-3-6-10-19/h3-14,17-18,26H,15-16H2,1-2H3,(H,29,34)(H,30,32)(H,31,33). The van der Waals surface area contributed by atoms with E-state index < -0.39 is 17.8 Å². The van der Waals surface area contributed by atoms with Gasteiger partial charge in [0, 0.05) is 5.69 Å². The molecular weight excluding hydrogens is 433 g/mol. The summed E-state index contributed by atoms with van der Waals surface area (Å²) < 4.78 is 14.3. The molecule has 3 aromatic rings. The highest BCUT2D eigenvalue weighted by Crippen LogP contribution is 2.21. The molecule has 3 N–H and O–H groups in total. The third-order valence-electron chi connectivity index (χ3n) is 5.19. The van der Waals surface area contributed by atoms with Crippen molar-refractivity contribution in [3.63, 3.8) is 0 Å². The quantitative estimate of drug-likeness (QED) is 0.443. The SMILES string of the molecule is CC(C)C(NC(=O)Cc1ccccc1)C(=O)Nc1ccc(F)c(NC(=O)Cc2ccccc2)c1. The Morgan fingerprint density at radius 1 is 0.765 bits per heavy atom. The summed E-state index contributed by atoms with van der Waals surface area (Å²) in [6.45, 7) is 3.65. The number of carbonyl (C=O) groups is 3. The number of anilines is 2. The van der Waals surface area contributed by atoms with Crippen LogP contribution in [0.5, 0.6) is 0 Å². The van der Waals surface area contributed by atoms with Crippen LogP contribution >= 0.6 is 0 Å². The van der Waals surface area contributed by atoms with Gasteiger partial charge < -0.3 is 16.0 Å². The van der Waals surface area contributed by atoms with Gasteiger partial charge in [0.15, 0.2) is 0 Å². The molecule has 3 rings (SSSR count). The minimum absolute atomic E-state index is 0.0343. The smallest absolute Gasteiger partial charge is 0.247 e. The fourth-order valence-corrected chi connectivity index (χ4v) is 3.44. The molecule has 176 valence electrons. The summed E-state index contributed by atoms with van der Waals surface area (Å²) in [5.74, 6) is -1.86. The lowest BCUT2D eigenvalue weighted by molar-refractivity contribution is -0.127. The van der Waals surface area contributed by atoms with Crippen molar-refractivity contribution in [2.75, 3.05) is 10.6 Å². The van der Waals surface area contributed by atoms with Gasteiger partial charge in [0.05, 0.1) is 18.5 Å². The maximum absolute atomic E-state index is 14.3. The van der Waals surface area contributed by atoms with Crippen LogP contribution in [0.25, 0.3) is 0 Å². The zero-order valence-electron chi connectivity index (χ0n) is 19.2. The largest absolute Gasteiger partial charge is 0.344 e. The monoisotopic (exact) mass is 461 g/mol. The molecule has 1 unspecified atom stereocenters. The minimum atomic E-state index is -0.780. The number of carbonyl (C=O) groups excluding carboxylic acids is 3. The highest BCUT2D eigenvalue weighted by atomic mass is 19.1. The lowest BCUT2D eigenvalue weighted by Gasteiger charge is -2.22. The van der Waals surface area contributed by atoms with Crippen molar-refractivity contribution in [2.45, 2.75) is 32.7 Å². The van der Waals surface area contributed by atoms with Crippen molar-refractivity contribution in [2.24, 2.45) is 5.92 Å². The van der Waals surface area contributed by atoms with Gasteiger partial charge in [-0.15, -0.1) is 0 Å². The zero-order valence-corrected chi connectivity index (χ0v) is 19.2. The van der Waals surface area contributed by atoms with Crippen LogP contribution < -0.4 is 16.0 Å². The Morgan fingerprint density at radius 2 is 1.32 bits per heavy atom. The molecule has 0 bridgehead atoms. The Balaban J connectivity index is 1.63. The van der Waals surface area contributed by atoms with Crippen LogP contribution in [0.1, 0.15) is 25.0 Å². The molecule has 0 heterocycles. The fraction of sp³-hybridized carbons (Fsp3) is 0.222. The molecule has 3 aromatic carbocycles. The van der Waals surface area contributed by atoms with Gasteiger partial charge in [0.1, 0.15) is 11.9 Å². The second-order valence-electron chi connectivity index (χ2n) is 8.35. The summed E-state index contributed by atoms with van der Waals surface area (Å²) in [5, 5.41) is 8.04. The molecule has 0 aliphatic rings. The van der Waals surface area contributed by atoms with E-state index in [1.165, 1.54) is 18.2 Å². The van der Waals surface area contributed by atoms with Crippen LogP contribution in [0.4, 0.5) is 15.8 Å². The fourth-order valence-electron chi connectivity index (χ4n) is 3.44. The molecule has 0 saturated carbocycles. The van der Waals surface area contributed by atoms with E-state index in [2.05, 4.69) is 16.0 Å². The van der Waals surface area contributed by atoms with Crippen molar-refractivity contribution in [1.29, 1.82) is 0 Å². The lowest BCUT2D eigenvalue weighted by Crippen LogP contribution is -2.47. The molecular formula is C27H28FN3O3. The van der Waals surface area contributed by atoms with Crippen molar-refractivity contribution < 1.29 is 18.8 Å². The molecule has 0 aromatic heterocycles. The van der Waals surface area contributed by atoms with Crippen molar-refractivity contribution in [1.82, 2.24) is 5.32 Å². The Bertz CT molecular complexity index is 1130. The molecule has 6 nitrogen and oxygen atoms in total. The molecule has 0 saturated heterocycles. The van der Waals surface area contributed by atoms with E-state index in [1.54, 1.807) is 0 Å². The Kier molecular flexibility index (Phi) is 8.51. The predicted molar refractivity (Wildman–Crippen MR) is 131 cm³/mol. The van der Waals surface area contributed by atoms with Crippen LogP contribution in [-0.2, 0) is 27.2 Å². The van der Waals surface area contributed by atoms with Gasteiger partial charge in [0.25, 0.3) is 0 Å². The first-order valence-corrected chi connectivity index (χ1v) is 11.1. The molecule has 0 radical (unpaired) electrons. The summed E-state index contributed by atoms with van der Waals surface area (Å²) in [5.41, 5.74) is 1.92. The van der Waals surface area contributed by atoms with Gasteiger partial charge in [-0.25, -0.2) is 4.39 Å². The van der Waals surface area contributed by atoms with Gasteiger partial charge in [-0.3, -0.25) is 14.4 Å². The summed E-state index contributed by atoms with van der Waals surface area (Å²) >= 11 is 0. The Morgan fingerprint density at radius 3 is 1.88 bits per heavy atom. The van der Waals surface area contributed by atoms with Crippen molar-refractivity contribution >= 4 is 29.1 Å². The molecule has 0 spiro atoms. The summed E-state index contributed by atoms with van der Waals surface area (Å²) in [7, 11) is 0. The van der Waals surface area contributed by atoms with Gasteiger partial charge >= 0.3 is 0 Å². The van der Waals surface area contributed by atoms with Gasteiger partial charge in [-0.05, 0) is 35.2 Å². The summed E-state index contributed by atoms with van der Waals surface area (Å²) in [6.07, 6.45) is 0.255. The Hall–Kier alpha value is -4.00. The Labute approximate surface area is 198 Å². The van der Waals surface area contributed by atoms with Crippen LogP contribution in [0.2, 0.25) is 0 Å². The molecule has 7 heteroatoms. The molecule has 34 heavy (non-hydrogen) atoms. The van der Waals surface area contributed by atoms with Crippen LogP contribution in [0, 0.1) is 11.7 Å². The molecule has 0 aliphatic carbocycles. The first kappa shape index (κ1) is 24.6. The topological polar surface area (TPSA) is 87.3 Å². The van der Waals surface area contributed by atoms with E-state index in [1.807, 2.05) is 74.5 Å². The van der Waals surface area contributed by atoms with Gasteiger partial charge in [-0.1, -0.05) is 74.5 Å². The second kappa shape index (κ2) is 11.7. The second-order valence-corrected chi connectivity index (χ2v) is 8.35. The number of benzene rings is 3. The van der Waals surface area contributed by atoms with E-state index in [9.17, 15) is 18.8 Å². The zero-order chi connectivity index (χ0) is 24.5. The van der Waals surface area contributed by atoms with Gasteiger partial charge in [-0.2, -0.15) is 0 Å². The number of nitrogens with one attached hydrogen (secondary N) is 3. The maximum Gasteiger partial charge on any atom is 0.247 e. The van der Waals surface area contributed by atoms with E-state index in [0.717, 1.165) is 11.1 Å². The molecule has 0 fully saturated rings. The van der Waals surface area contributed by atoms with Crippen molar-refractivity contribution in [3.8, 4) is 0 Å². The average molecular weight is 462 g/mol.